The van der Waals surface area contributed by atoms with E-state index in [0.29, 0.717) is 25.2 Å². The van der Waals surface area contributed by atoms with Crippen molar-refractivity contribution in [3.05, 3.63) is 0 Å². The lowest BCUT2D eigenvalue weighted by molar-refractivity contribution is -0.124. The molecule has 0 unspecified atom stereocenters. The number of amides is 3. The second-order valence-electron chi connectivity index (χ2n) is 6.67. The van der Waals surface area contributed by atoms with Gasteiger partial charge in [0.05, 0.1) is 6.54 Å². The number of guanidine groups is 1. The van der Waals surface area contributed by atoms with Crippen LogP contribution in [0.1, 0.15) is 41.0 Å². The summed E-state index contributed by atoms with van der Waals surface area (Å²) in [6, 6.07) is 0.732. The maximum atomic E-state index is 11.5. The highest BCUT2D eigenvalue weighted by Gasteiger charge is 2.27. The number of hydrogen-bond acceptors (Lipinski definition) is 4. The number of hydrogen-bond donors (Lipinski definition) is 3. The van der Waals surface area contributed by atoms with Crippen molar-refractivity contribution in [2.24, 2.45) is 4.99 Å². The topological polar surface area (TPSA) is 89.1 Å². The molecule has 0 aromatic heterocycles. The van der Waals surface area contributed by atoms with Gasteiger partial charge in [-0.2, -0.15) is 0 Å². The van der Waals surface area contributed by atoms with Gasteiger partial charge in [-0.3, -0.25) is 19.6 Å². The third kappa shape index (κ3) is 7.29. The summed E-state index contributed by atoms with van der Waals surface area (Å²) >= 11 is 0. The fourth-order valence-corrected chi connectivity index (χ4v) is 2.87. The lowest BCUT2D eigenvalue weighted by Gasteiger charge is -2.30. The molecule has 1 aliphatic rings. The molecule has 0 spiro atoms. The molecule has 1 saturated heterocycles. The van der Waals surface area contributed by atoms with Crippen molar-refractivity contribution >= 4 is 17.9 Å². The van der Waals surface area contributed by atoms with Crippen molar-refractivity contribution in [2.45, 2.75) is 53.1 Å². The number of urea groups is 1. The van der Waals surface area contributed by atoms with E-state index in [-0.39, 0.29) is 18.5 Å². The number of nitrogens with zero attached hydrogens (tertiary/aromatic N) is 3. The van der Waals surface area contributed by atoms with Gasteiger partial charge in [0.15, 0.2) is 5.96 Å². The average Bonchev–Trinajstić information content (AvgIpc) is 2.85. The predicted molar refractivity (Wildman–Crippen MR) is 101 cm³/mol. The van der Waals surface area contributed by atoms with Gasteiger partial charge in [-0.05, 0) is 41.0 Å². The van der Waals surface area contributed by atoms with Crippen LogP contribution in [0.3, 0.4) is 0 Å². The van der Waals surface area contributed by atoms with Gasteiger partial charge in [0, 0.05) is 44.8 Å². The van der Waals surface area contributed by atoms with Gasteiger partial charge in [0.25, 0.3) is 0 Å². The van der Waals surface area contributed by atoms with E-state index in [0.717, 1.165) is 32.0 Å². The number of carbonyl (C=O) groups excluding carboxylic acids is 2. The maximum Gasteiger partial charge on any atom is 0.324 e. The Labute approximate surface area is 151 Å². The van der Waals surface area contributed by atoms with Crippen LogP contribution in [0.4, 0.5) is 4.79 Å². The number of imide groups is 1. The molecule has 8 heteroatoms. The minimum Gasteiger partial charge on any atom is -0.357 e. The highest BCUT2D eigenvalue weighted by atomic mass is 16.2. The van der Waals surface area contributed by atoms with Crippen LogP contribution in [0.15, 0.2) is 4.99 Å². The Morgan fingerprint density at radius 1 is 1.24 bits per heavy atom. The lowest BCUT2D eigenvalue weighted by atomic mass is 10.2. The Bertz CT molecular complexity index is 440. The predicted octanol–water partition coefficient (Wildman–Crippen LogP) is 0.602. The summed E-state index contributed by atoms with van der Waals surface area (Å²) in [6.07, 6.45) is 0.986. The van der Waals surface area contributed by atoms with Crippen LogP contribution >= 0.6 is 0 Å². The molecule has 3 amide bonds. The molecule has 0 aliphatic carbocycles. The van der Waals surface area contributed by atoms with E-state index in [1.165, 1.54) is 4.90 Å². The molecular formula is C17H34N6O2. The number of rotatable bonds is 10. The first-order valence-electron chi connectivity index (χ1n) is 9.22. The second-order valence-corrected chi connectivity index (χ2v) is 6.67. The molecule has 3 N–H and O–H groups in total. The van der Waals surface area contributed by atoms with Crippen molar-refractivity contribution in [1.82, 2.24) is 25.8 Å². The minimum absolute atomic E-state index is 0.0925. The summed E-state index contributed by atoms with van der Waals surface area (Å²) in [5, 5.41) is 8.87. The standard InChI is InChI=1S/C17H34N6O2/c1-6-18-16(19-8-7-10-22(13(2)3)14(4)5)20-9-11-23-15(24)12-21-17(23)25/h13-14H,6-12H2,1-5H3,(H,21,25)(H2,18,19,20). The largest absolute Gasteiger partial charge is 0.357 e. The molecule has 25 heavy (non-hydrogen) atoms. The minimum atomic E-state index is -0.323. The molecule has 1 aliphatic heterocycles. The van der Waals surface area contributed by atoms with Gasteiger partial charge in [-0.15, -0.1) is 0 Å². The number of nitrogens with one attached hydrogen (secondary N) is 3. The fourth-order valence-electron chi connectivity index (χ4n) is 2.87. The van der Waals surface area contributed by atoms with Crippen LogP contribution in [0.2, 0.25) is 0 Å². The van der Waals surface area contributed by atoms with Gasteiger partial charge < -0.3 is 16.0 Å². The van der Waals surface area contributed by atoms with Crippen LogP contribution in [-0.4, -0.2) is 79.0 Å². The molecule has 0 atom stereocenters. The van der Waals surface area contributed by atoms with Gasteiger partial charge in [-0.25, -0.2) is 4.79 Å². The van der Waals surface area contributed by atoms with E-state index in [1.807, 2.05) is 6.92 Å². The summed E-state index contributed by atoms with van der Waals surface area (Å²) < 4.78 is 0. The van der Waals surface area contributed by atoms with Gasteiger partial charge in [-0.1, -0.05) is 0 Å². The third-order valence-electron chi connectivity index (χ3n) is 4.08. The smallest absolute Gasteiger partial charge is 0.324 e. The van der Waals surface area contributed by atoms with Crippen molar-refractivity contribution in [2.75, 3.05) is 39.3 Å². The summed E-state index contributed by atoms with van der Waals surface area (Å²) in [5.41, 5.74) is 0. The highest BCUT2D eigenvalue weighted by Crippen LogP contribution is 2.05. The lowest BCUT2D eigenvalue weighted by Crippen LogP contribution is -2.43. The Balaban J connectivity index is 2.38. The van der Waals surface area contributed by atoms with Crippen LogP contribution < -0.4 is 16.0 Å². The highest BCUT2D eigenvalue weighted by molar-refractivity contribution is 6.01. The fraction of sp³-hybridized carbons (Fsp3) is 0.824. The van der Waals surface area contributed by atoms with E-state index in [4.69, 9.17) is 0 Å². The molecule has 0 saturated carbocycles. The van der Waals surface area contributed by atoms with Gasteiger partial charge in [0.1, 0.15) is 0 Å². The molecule has 144 valence electrons. The average molecular weight is 354 g/mol. The summed E-state index contributed by atoms with van der Waals surface area (Å²) in [5.74, 6) is 0.534. The van der Waals surface area contributed by atoms with E-state index in [1.54, 1.807) is 0 Å². The second kappa shape index (κ2) is 10.9. The van der Waals surface area contributed by atoms with Gasteiger partial charge >= 0.3 is 6.03 Å². The summed E-state index contributed by atoms with van der Waals surface area (Å²) in [6.45, 7) is 14.3. The van der Waals surface area contributed by atoms with Crippen molar-refractivity contribution < 1.29 is 9.59 Å². The van der Waals surface area contributed by atoms with Crippen LogP contribution in [0.25, 0.3) is 0 Å². The number of aliphatic imine (C=N–C) groups is 1. The monoisotopic (exact) mass is 354 g/mol. The Kier molecular flexibility index (Phi) is 9.26. The third-order valence-corrected chi connectivity index (χ3v) is 4.08. The molecule has 0 aromatic carbocycles. The Morgan fingerprint density at radius 2 is 1.92 bits per heavy atom. The van der Waals surface area contributed by atoms with E-state index >= 15 is 0 Å². The summed E-state index contributed by atoms with van der Waals surface area (Å²) in [7, 11) is 0. The van der Waals surface area contributed by atoms with Crippen molar-refractivity contribution in [3.63, 3.8) is 0 Å². The van der Waals surface area contributed by atoms with Gasteiger partial charge in [0.2, 0.25) is 5.91 Å². The molecule has 1 rings (SSSR count). The zero-order valence-electron chi connectivity index (χ0n) is 16.3. The molecular weight excluding hydrogens is 320 g/mol. The summed E-state index contributed by atoms with van der Waals surface area (Å²) in [4.78, 5) is 31.3. The quantitative estimate of drug-likeness (QED) is 0.231. The van der Waals surface area contributed by atoms with Crippen LogP contribution in [-0.2, 0) is 4.79 Å². The van der Waals surface area contributed by atoms with Crippen LogP contribution in [0.5, 0.6) is 0 Å². The first-order chi connectivity index (χ1) is 11.9. The number of carbonyl (C=O) groups is 2. The SMILES string of the molecule is CCNC(=NCCCN(C(C)C)C(C)C)NCCN1C(=O)CNC1=O. The normalized spacial score (nSPS) is 15.5. The Morgan fingerprint density at radius 3 is 2.44 bits per heavy atom. The van der Waals surface area contributed by atoms with Crippen molar-refractivity contribution in [3.8, 4) is 0 Å². The van der Waals surface area contributed by atoms with E-state index in [2.05, 4.69) is 53.5 Å². The zero-order chi connectivity index (χ0) is 18.8. The van der Waals surface area contributed by atoms with Crippen LogP contribution in [0, 0.1) is 0 Å². The molecule has 0 aromatic rings. The molecule has 8 nitrogen and oxygen atoms in total. The first-order valence-corrected chi connectivity index (χ1v) is 9.22. The molecule has 0 radical (unpaired) electrons. The Hall–Kier alpha value is -1.83. The van der Waals surface area contributed by atoms with E-state index in [9.17, 15) is 9.59 Å². The maximum absolute atomic E-state index is 11.5. The zero-order valence-corrected chi connectivity index (χ0v) is 16.3. The van der Waals surface area contributed by atoms with E-state index < -0.39 is 0 Å². The first kappa shape index (κ1) is 21.2. The van der Waals surface area contributed by atoms with Crippen molar-refractivity contribution in [1.29, 1.82) is 0 Å². The molecule has 1 fully saturated rings. The molecule has 0 bridgehead atoms. The molecule has 1 heterocycles.